The Morgan fingerprint density at radius 3 is 2.30 bits per heavy atom. The Kier molecular flexibility index (Phi) is 6.44. The zero-order valence-electron chi connectivity index (χ0n) is 17.3. The number of rotatable bonds is 7. The Balaban J connectivity index is 2.15. The standard InChI is InChI=1S/C21H29N3O3/c1-13-18(21(26)27-7)14(2)22-19(13)20(25)15(3)24(6)12-16-8-10-17(11-9-16)23(4)5/h8-11,15,22H,12H2,1-7H3/p+1/t15-/m1/s1. The molecule has 0 fully saturated rings. The van der Waals surface area contributed by atoms with Gasteiger partial charge in [0.25, 0.3) is 0 Å². The minimum absolute atomic E-state index is 0.00633. The average Bonchev–Trinajstić information content (AvgIpc) is 2.94. The normalized spacial score (nSPS) is 13.1. The molecule has 1 unspecified atom stereocenters. The second-order valence-corrected chi connectivity index (χ2v) is 7.29. The van der Waals surface area contributed by atoms with Gasteiger partial charge < -0.3 is 19.5 Å². The third-order valence-corrected chi connectivity index (χ3v) is 5.14. The van der Waals surface area contributed by atoms with Crippen molar-refractivity contribution in [2.45, 2.75) is 33.4 Å². The maximum atomic E-state index is 13.0. The van der Waals surface area contributed by atoms with Gasteiger partial charge in [-0.05, 0) is 38.5 Å². The number of ketones is 1. The molecular weight excluding hydrogens is 342 g/mol. The van der Waals surface area contributed by atoms with E-state index in [-0.39, 0.29) is 11.8 Å². The molecule has 2 N–H and O–H groups in total. The Bertz CT molecular complexity index is 822. The van der Waals surface area contributed by atoms with E-state index in [9.17, 15) is 9.59 Å². The van der Waals surface area contributed by atoms with E-state index in [0.29, 0.717) is 22.5 Å². The summed E-state index contributed by atoms with van der Waals surface area (Å²) in [6.45, 7) is 6.22. The number of nitrogens with zero attached hydrogens (tertiary/aromatic N) is 1. The van der Waals surface area contributed by atoms with Crippen molar-refractivity contribution < 1.29 is 19.2 Å². The number of hydrogen-bond acceptors (Lipinski definition) is 4. The van der Waals surface area contributed by atoms with Gasteiger partial charge in [-0.2, -0.15) is 0 Å². The van der Waals surface area contributed by atoms with Crippen molar-refractivity contribution in [1.29, 1.82) is 0 Å². The molecule has 27 heavy (non-hydrogen) atoms. The van der Waals surface area contributed by atoms with Crippen LogP contribution in [0.4, 0.5) is 5.69 Å². The van der Waals surface area contributed by atoms with Crippen molar-refractivity contribution in [3.05, 3.63) is 52.3 Å². The van der Waals surface area contributed by atoms with Gasteiger partial charge in [0, 0.05) is 31.0 Å². The summed E-state index contributed by atoms with van der Waals surface area (Å²) < 4.78 is 4.83. The maximum absolute atomic E-state index is 13.0. The minimum Gasteiger partial charge on any atom is -0.465 e. The van der Waals surface area contributed by atoms with E-state index in [4.69, 9.17) is 4.74 Å². The van der Waals surface area contributed by atoms with Crippen molar-refractivity contribution in [2.24, 2.45) is 0 Å². The van der Waals surface area contributed by atoms with Crippen molar-refractivity contribution in [3.63, 3.8) is 0 Å². The molecule has 6 heteroatoms. The first kappa shape index (κ1) is 20.7. The second kappa shape index (κ2) is 8.39. The summed E-state index contributed by atoms with van der Waals surface area (Å²) in [7, 11) is 7.37. The highest BCUT2D eigenvalue weighted by molar-refractivity contribution is 6.03. The molecule has 0 saturated carbocycles. The highest BCUT2D eigenvalue weighted by Gasteiger charge is 2.29. The van der Waals surface area contributed by atoms with Crippen molar-refractivity contribution in [2.75, 3.05) is 33.2 Å². The van der Waals surface area contributed by atoms with E-state index in [1.54, 1.807) is 13.8 Å². The highest BCUT2D eigenvalue weighted by Crippen LogP contribution is 2.20. The fourth-order valence-electron chi connectivity index (χ4n) is 3.23. The topological polar surface area (TPSA) is 66.8 Å². The van der Waals surface area contributed by atoms with Crippen LogP contribution in [-0.4, -0.2) is 51.0 Å². The number of benzene rings is 1. The van der Waals surface area contributed by atoms with Crippen molar-refractivity contribution >= 4 is 17.4 Å². The van der Waals surface area contributed by atoms with Crippen LogP contribution in [0.2, 0.25) is 0 Å². The molecule has 1 aromatic heterocycles. The van der Waals surface area contributed by atoms with E-state index in [1.165, 1.54) is 12.7 Å². The predicted octanol–water partition coefficient (Wildman–Crippen LogP) is 1.77. The fourth-order valence-corrected chi connectivity index (χ4v) is 3.23. The van der Waals surface area contributed by atoms with E-state index in [1.807, 2.05) is 28.1 Å². The number of aromatic amines is 1. The molecule has 2 atom stereocenters. The molecular formula is C21H30N3O3+. The summed E-state index contributed by atoms with van der Waals surface area (Å²) in [6.07, 6.45) is 0. The summed E-state index contributed by atoms with van der Waals surface area (Å²) >= 11 is 0. The number of hydrogen-bond donors (Lipinski definition) is 2. The minimum atomic E-state index is -0.422. The number of ether oxygens (including phenoxy) is 1. The number of Topliss-reactive ketones (excluding diaryl/α,β-unsaturated/α-hetero) is 1. The predicted molar refractivity (Wildman–Crippen MR) is 107 cm³/mol. The lowest BCUT2D eigenvalue weighted by atomic mass is 10.0. The summed E-state index contributed by atoms with van der Waals surface area (Å²) in [4.78, 5) is 31.2. The molecule has 0 aliphatic carbocycles. The lowest BCUT2D eigenvalue weighted by Crippen LogP contribution is -3.12. The molecule has 0 radical (unpaired) electrons. The summed E-state index contributed by atoms with van der Waals surface area (Å²) in [5.41, 5.74) is 4.57. The van der Waals surface area contributed by atoms with Gasteiger partial charge in [0.05, 0.1) is 25.4 Å². The number of nitrogens with one attached hydrogen (secondary N) is 2. The smallest absolute Gasteiger partial charge is 0.339 e. The van der Waals surface area contributed by atoms with Crippen LogP contribution in [0.3, 0.4) is 0 Å². The van der Waals surface area contributed by atoms with Gasteiger partial charge in [-0.25, -0.2) is 4.79 Å². The summed E-state index contributed by atoms with van der Waals surface area (Å²) in [5, 5.41) is 0. The van der Waals surface area contributed by atoms with Crippen LogP contribution in [0.5, 0.6) is 0 Å². The molecule has 0 aliphatic rings. The summed E-state index contributed by atoms with van der Waals surface area (Å²) in [5.74, 6) is -0.428. The second-order valence-electron chi connectivity index (χ2n) is 7.29. The average molecular weight is 372 g/mol. The monoisotopic (exact) mass is 372 g/mol. The van der Waals surface area contributed by atoms with Crippen LogP contribution in [0.15, 0.2) is 24.3 Å². The Morgan fingerprint density at radius 2 is 1.78 bits per heavy atom. The van der Waals surface area contributed by atoms with E-state index in [2.05, 4.69) is 34.1 Å². The van der Waals surface area contributed by atoms with Crippen LogP contribution >= 0.6 is 0 Å². The number of aromatic nitrogens is 1. The molecule has 1 aromatic carbocycles. The number of quaternary nitrogens is 1. The summed E-state index contributed by atoms with van der Waals surface area (Å²) in [6, 6.07) is 8.10. The number of carbonyl (C=O) groups excluding carboxylic acids is 2. The number of carbonyl (C=O) groups is 2. The van der Waals surface area contributed by atoms with Crippen molar-refractivity contribution in [3.8, 4) is 0 Å². The molecule has 0 saturated heterocycles. The molecule has 2 rings (SSSR count). The largest absolute Gasteiger partial charge is 0.465 e. The van der Waals surface area contributed by atoms with Gasteiger partial charge in [0.1, 0.15) is 6.54 Å². The first-order valence-electron chi connectivity index (χ1n) is 9.07. The molecule has 0 bridgehead atoms. The zero-order valence-corrected chi connectivity index (χ0v) is 17.3. The Hall–Kier alpha value is -2.60. The molecule has 0 spiro atoms. The number of esters is 1. The molecule has 0 amide bonds. The van der Waals surface area contributed by atoms with E-state index >= 15 is 0 Å². The van der Waals surface area contributed by atoms with Gasteiger partial charge in [-0.15, -0.1) is 0 Å². The zero-order chi connectivity index (χ0) is 20.3. The third kappa shape index (κ3) is 4.39. The maximum Gasteiger partial charge on any atom is 0.339 e. The van der Waals surface area contributed by atoms with Gasteiger partial charge >= 0.3 is 5.97 Å². The number of aryl methyl sites for hydroxylation is 1. The number of likely N-dealkylation sites (N-methyl/N-ethyl adjacent to an activating group) is 1. The van der Waals surface area contributed by atoms with Crippen LogP contribution < -0.4 is 9.80 Å². The van der Waals surface area contributed by atoms with Crippen LogP contribution in [0.25, 0.3) is 0 Å². The van der Waals surface area contributed by atoms with Crippen LogP contribution in [0, 0.1) is 13.8 Å². The molecule has 6 nitrogen and oxygen atoms in total. The highest BCUT2D eigenvalue weighted by atomic mass is 16.5. The number of anilines is 1. The fraction of sp³-hybridized carbons (Fsp3) is 0.429. The Morgan fingerprint density at radius 1 is 1.19 bits per heavy atom. The first-order chi connectivity index (χ1) is 12.7. The van der Waals surface area contributed by atoms with Gasteiger partial charge in [-0.3, -0.25) is 4.79 Å². The first-order valence-corrected chi connectivity index (χ1v) is 9.07. The van der Waals surface area contributed by atoms with Crippen LogP contribution in [0.1, 0.15) is 44.6 Å². The molecule has 2 aromatic rings. The molecule has 0 aliphatic heterocycles. The molecule has 1 heterocycles. The third-order valence-electron chi connectivity index (χ3n) is 5.14. The SMILES string of the molecule is COC(=O)c1c(C)[nH]c(C(=O)[C@@H](C)[NH+](C)Cc2ccc(N(C)C)cc2)c1C. The number of methoxy groups -OCH3 is 1. The van der Waals surface area contributed by atoms with Crippen molar-refractivity contribution in [1.82, 2.24) is 4.98 Å². The number of H-pyrrole nitrogens is 1. The lowest BCUT2D eigenvalue weighted by molar-refractivity contribution is -0.907. The van der Waals surface area contributed by atoms with Gasteiger partial charge in [-0.1, -0.05) is 12.1 Å². The Labute approximate surface area is 161 Å². The van der Waals surface area contributed by atoms with E-state index in [0.717, 1.165) is 17.1 Å². The molecule has 146 valence electrons. The lowest BCUT2D eigenvalue weighted by Gasteiger charge is -2.21. The van der Waals surface area contributed by atoms with E-state index < -0.39 is 5.97 Å². The van der Waals surface area contributed by atoms with Crippen LogP contribution in [-0.2, 0) is 11.3 Å². The van der Waals surface area contributed by atoms with Gasteiger partial charge in [0.2, 0.25) is 5.78 Å². The van der Waals surface area contributed by atoms with Gasteiger partial charge in [0.15, 0.2) is 6.04 Å². The quantitative estimate of drug-likeness (QED) is 0.574.